The second-order valence-electron chi connectivity index (χ2n) is 7.44. The van der Waals surface area contributed by atoms with Gasteiger partial charge in [0.05, 0.1) is 13.5 Å². The van der Waals surface area contributed by atoms with E-state index in [9.17, 15) is 27.5 Å². The molecule has 0 aromatic heterocycles. The number of hydrogen-bond donors (Lipinski definition) is 1. The Hall–Kier alpha value is -2.83. The normalized spacial score (nSPS) is 24.4. The van der Waals surface area contributed by atoms with Crippen LogP contribution in [0.15, 0.2) is 64.8 Å². The Morgan fingerprint density at radius 3 is 2.71 bits per heavy atom. The standard InChI is InChI=1S/C23H23F4NO3/c1-3-19-16(13-17-14-20(24)22(17,30)23(25,26)27)8-4-5-10-28(19)21(29)12-15-7-6-9-18(11-15)31-2/h3,6-7,9,11,13,30H,4-5,8,10,12H2,1-2H3/b16-13-,19-3?. The monoisotopic (exact) mass is 437 g/mol. The van der Waals surface area contributed by atoms with Crippen molar-refractivity contribution in [2.24, 2.45) is 0 Å². The van der Waals surface area contributed by atoms with Gasteiger partial charge >= 0.3 is 6.18 Å². The minimum absolute atomic E-state index is 0.0888. The van der Waals surface area contributed by atoms with Gasteiger partial charge in [0, 0.05) is 17.8 Å². The summed E-state index contributed by atoms with van der Waals surface area (Å²) in [5, 5.41) is 9.86. The quantitative estimate of drug-likeness (QED) is 0.546. The molecule has 1 aromatic rings. The average molecular weight is 437 g/mol. The van der Waals surface area contributed by atoms with E-state index in [1.165, 1.54) is 12.0 Å². The highest BCUT2D eigenvalue weighted by atomic mass is 19.4. The maximum Gasteiger partial charge on any atom is 0.429 e. The van der Waals surface area contributed by atoms with Gasteiger partial charge in [0.1, 0.15) is 5.75 Å². The number of benzene rings is 1. The van der Waals surface area contributed by atoms with E-state index in [2.05, 4.69) is 0 Å². The third kappa shape index (κ3) is 4.31. The van der Waals surface area contributed by atoms with Crippen molar-refractivity contribution in [1.29, 1.82) is 0 Å². The molecular formula is C23H23F4NO3. The lowest BCUT2D eigenvalue weighted by Gasteiger charge is -2.33. The highest BCUT2D eigenvalue weighted by Gasteiger charge is 2.63. The van der Waals surface area contributed by atoms with E-state index >= 15 is 0 Å². The molecule has 1 saturated heterocycles. The van der Waals surface area contributed by atoms with Crippen LogP contribution in [0.5, 0.6) is 5.75 Å². The first kappa shape index (κ1) is 22.8. The number of aliphatic hydroxyl groups is 1. The third-order valence-corrected chi connectivity index (χ3v) is 5.44. The Labute approximate surface area is 177 Å². The zero-order valence-corrected chi connectivity index (χ0v) is 17.2. The molecule has 166 valence electrons. The minimum atomic E-state index is -5.20. The number of halogens is 4. The summed E-state index contributed by atoms with van der Waals surface area (Å²) in [6, 6.07) is 7.07. The summed E-state index contributed by atoms with van der Waals surface area (Å²) < 4.78 is 58.4. The first-order valence-corrected chi connectivity index (χ1v) is 9.88. The SMILES string of the molecule is CC=C1/C(=C\C2=C=C(F)C2(O)C(F)(F)F)CCCCN1C(=O)Cc1cccc(OC)c1. The molecule has 0 spiro atoms. The lowest BCUT2D eigenvalue weighted by atomic mass is 9.82. The largest absolute Gasteiger partial charge is 0.497 e. The smallest absolute Gasteiger partial charge is 0.429 e. The van der Waals surface area contributed by atoms with Gasteiger partial charge in [0.25, 0.3) is 5.60 Å². The van der Waals surface area contributed by atoms with Gasteiger partial charge in [0.2, 0.25) is 5.91 Å². The highest BCUT2D eigenvalue weighted by molar-refractivity contribution is 5.81. The maximum absolute atomic E-state index is 13.5. The molecule has 1 aromatic carbocycles. The predicted octanol–water partition coefficient (Wildman–Crippen LogP) is 4.77. The number of likely N-dealkylation sites (tertiary alicyclic amines) is 1. The van der Waals surface area contributed by atoms with Crippen molar-refractivity contribution in [2.75, 3.05) is 13.7 Å². The molecule has 2 aliphatic rings. The van der Waals surface area contributed by atoms with E-state index in [1.807, 2.05) is 5.73 Å². The van der Waals surface area contributed by atoms with Crippen molar-refractivity contribution in [3.63, 3.8) is 0 Å². The zero-order valence-electron chi connectivity index (χ0n) is 17.2. The van der Waals surface area contributed by atoms with Crippen molar-refractivity contribution in [3.8, 4) is 5.75 Å². The minimum Gasteiger partial charge on any atom is -0.497 e. The number of rotatable bonds is 4. The Morgan fingerprint density at radius 1 is 1.35 bits per heavy atom. The van der Waals surface area contributed by atoms with Crippen LogP contribution in [0.25, 0.3) is 0 Å². The van der Waals surface area contributed by atoms with Crippen LogP contribution in [-0.4, -0.2) is 41.3 Å². The first-order valence-electron chi connectivity index (χ1n) is 9.88. The fraction of sp³-hybridized carbons (Fsp3) is 0.391. The van der Waals surface area contributed by atoms with Gasteiger partial charge in [-0.3, -0.25) is 4.79 Å². The summed E-state index contributed by atoms with van der Waals surface area (Å²) in [4.78, 5) is 14.6. The van der Waals surface area contributed by atoms with Gasteiger partial charge < -0.3 is 14.7 Å². The van der Waals surface area contributed by atoms with Crippen LogP contribution in [0.3, 0.4) is 0 Å². The van der Waals surface area contributed by atoms with Gasteiger partial charge in [-0.15, -0.1) is 0 Å². The fourth-order valence-corrected chi connectivity index (χ4v) is 3.75. The lowest BCUT2D eigenvalue weighted by Crippen LogP contribution is -2.50. The number of amides is 1. The van der Waals surface area contributed by atoms with Crippen LogP contribution in [0.1, 0.15) is 31.7 Å². The molecule has 1 atom stereocenters. The second kappa shape index (κ2) is 8.73. The van der Waals surface area contributed by atoms with Gasteiger partial charge in [-0.05, 0) is 55.5 Å². The van der Waals surface area contributed by atoms with Crippen LogP contribution < -0.4 is 4.74 Å². The molecule has 1 fully saturated rings. The van der Waals surface area contributed by atoms with Crippen LogP contribution in [0.2, 0.25) is 0 Å². The molecule has 1 unspecified atom stereocenters. The summed E-state index contributed by atoms with van der Waals surface area (Å²) in [6.45, 7) is 2.09. The van der Waals surface area contributed by atoms with E-state index in [0.717, 1.165) is 11.6 Å². The number of hydrogen-bond acceptors (Lipinski definition) is 3. The van der Waals surface area contributed by atoms with Gasteiger partial charge in [-0.1, -0.05) is 23.9 Å². The number of carbonyl (C=O) groups is 1. The molecule has 1 heterocycles. The number of allylic oxidation sites excluding steroid dienone is 2. The van der Waals surface area contributed by atoms with Crippen molar-refractivity contribution < 1.29 is 32.2 Å². The lowest BCUT2D eigenvalue weighted by molar-refractivity contribution is -0.237. The average Bonchev–Trinajstić information content (AvgIpc) is 2.94. The summed E-state index contributed by atoms with van der Waals surface area (Å²) in [5.74, 6) is -1.36. The number of ether oxygens (including phenoxy) is 1. The van der Waals surface area contributed by atoms with Crippen molar-refractivity contribution >= 4 is 5.91 Å². The molecule has 0 bridgehead atoms. The first-order chi connectivity index (χ1) is 14.6. The molecule has 31 heavy (non-hydrogen) atoms. The summed E-state index contributed by atoms with van der Waals surface area (Å²) in [5.41, 5.74) is -0.788. The highest BCUT2D eigenvalue weighted by Crippen LogP contribution is 2.47. The molecule has 3 rings (SSSR count). The summed E-state index contributed by atoms with van der Waals surface area (Å²) in [7, 11) is 1.53. The predicted molar refractivity (Wildman–Crippen MR) is 107 cm³/mol. The molecule has 1 aliphatic heterocycles. The van der Waals surface area contributed by atoms with Crippen LogP contribution in [0.4, 0.5) is 17.6 Å². The van der Waals surface area contributed by atoms with E-state index in [1.54, 1.807) is 37.3 Å². The Bertz CT molecular complexity index is 1000. The van der Waals surface area contributed by atoms with Gasteiger partial charge in [0.15, 0.2) is 5.83 Å². The summed E-state index contributed by atoms with van der Waals surface area (Å²) >= 11 is 0. The third-order valence-electron chi connectivity index (χ3n) is 5.44. The molecule has 0 saturated carbocycles. The fourth-order valence-electron chi connectivity index (χ4n) is 3.75. The Kier molecular flexibility index (Phi) is 6.43. The second-order valence-corrected chi connectivity index (χ2v) is 7.44. The number of methoxy groups -OCH3 is 1. The number of nitrogens with zero attached hydrogens (tertiary/aromatic N) is 1. The van der Waals surface area contributed by atoms with Crippen LogP contribution in [-0.2, 0) is 11.2 Å². The molecule has 0 radical (unpaired) electrons. The van der Waals surface area contributed by atoms with Crippen molar-refractivity contribution in [2.45, 2.75) is 44.4 Å². The topological polar surface area (TPSA) is 49.8 Å². The van der Waals surface area contributed by atoms with Crippen molar-refractivity contribution in [3.05, 3.63) is 70.4 Å². The molecular weight excluding hydrogens is 414 g/mol. The van der Waals surface area contributed by atoms with E-state index in [-0.39, 0.29) is 12.3 Å². The van der Waals surface area contributed by atoms with E-state index in [0.29, 0.717) is 42.8 Å². The molecule has 4 nitrogen and oxygen atoms in total. The Morgan fingerprint density at radius 2 is 2.10 bits per heavy atom. The molecule has 1 amide bonds. The number of carbonyl (C=O) groups excluding carboxylic acids is 1. The summed E-state index contributed by atoms with van der Waals surface area (Å²) in [6.07, 6.45) is -0.677. The number of alkyl halides is 3. The van der Waals surface area contributed by atoms with E-state index in [4.69, 9.17) is 4.74 Å². The van der Waals surface area contributed by atoms with Crippen LogP contribution in [0, 0.1) is 0 Å². The molecule has 8 heteroatoms. The van der Waals surface area contributed by atoms with Crippen LogP contribution >= 0.6 is 0 Å². The molecule has 1 N–H and O–H groups in total. The Balaban J connectivity index is 1.90. The maximum atomic E-state index is 13.5. The van der Waals surface area contributed by atoms with Gasteiger partial charge in [-0.25, -0.2) is 0 Å². The van der Waals surface area contributed by atoms with Gasteiger partial charge in [-0.2, -0.15) is 17.6 Å². The molecule has 1 aliphatic carbocycles. The van der Waals surface area contributed by atoms with E-state index < -0.39 is 23.2 Å². The zero-order chi connectivity index (χ0) is 22.8. The van der Waals surface area contributed by atoms with Crippen molar-refractivity contribution in [1.82, 2.24) is 4.90 Å².